The Hall–Kier alpha value is -1.55. The van der Waals surface area contributed by atoms with Gasteiger partial charge in [-0.3, -0.25) is 0 Å². The van der Waals surface area contributed by atoms with Gasteiger partial charge in [0.1, 0.15) is 5.75 Å². The number of carbonyl (C=O) groups is 1. The molecule has 1 fully saturated rings. The van der Waals surface area contributed by atoms with Gasteiger partial charge in [-0.25, -0.2) is 4.79 Å². The molecule has 4 heteroatoms. The van der Waals surface area contributed by atoms with Crippen molar-refractivity contribution in [2.45, 2.75) is 26.7 Å². The van der Waals surface area contributed by atoms with Crippen molar-refractivity contribution in [1.82, 2.24) is 4.90 Å². The molecule has 1 aliphatic heterocycles. The second kappa shape index (κ2) is 7.46. The quantitative estimate of drug-likeness (QED) is 0.818. The average Bonchev–Trinajstić information content (AvgIpc) is 2.43. The molecule has 2 atom stereocenters. The minimum Gasteiger partial charge on any atom is -0.494 e. The Morgan fingerprint density at radius 1 is 1.24 bits per heavy atom. The molecule has 1 N–H and O–H groups in total. The van der Waals surface area contributed by atoms with Crippen LogP contribution in [0, 0.1) is 11.8 Å². The van der Waals surface area contributed by atoms with Crippen molar-refractivity contribution in [1.29, 1.82) is 0 Å². The molecule has 1 aliphatic rings. The van der Waals surface area contributed by atoms with Gasteiger partial charge in [0, 0.05) is 19.6 Å². The van der Waals surface area contributed by atoms with Gasteiger partial charge >= 0.3 is 5.97 Å². The van der Waals surface area contributed by atoms with E-state index in [2.05, 4.69) is 18.7 Å². The number of carboxylic acids is 1. The van der Waals surface area contributed by atoms with Gasteiger partial charge in [-0.2, -0.15) is 0 Å². The molecule has 0 bridgehead atoms. The van der Waals surface area contributed by atoms with E-state index < -0.39 is 5.97 Å². The van der Waals surface area contributed by atoms with E-state index in [1.807, 2.05) is 0 Å². The lowest BCUT2D eigenvalue weighted by molar-refractivity contribution is 0.0697. The molecule has 0 unspecified atom stereocenters. The van der Waals surface area contributed by atoms with Crippen molar-refractivity contribution in [3.8, 4) is 5.75 Å². The number of carboxylic acid groups (broad SMARTS) is 1. The standard InChI is InChI=1S/C17H25NO3/c1-13-10-14(2)12-18(11-13)8-3-9-21-16-6-4-15(5-7-16)17(19)20/h4-7,13-14H,3,8-12H2,1-2H3,(H,19,20)/t13-,14-/m0/s1. The lowest BCUT2D eigenvalue weighted by Crippen LogP contribution is -2.39. The molecular formula is C17H25NO3. The zero-order valence-electron chi connectivity index (χ0n) is 12.9. The number of ether oxygens (including phenoxy) is 1. The predicted molar refractivity (Wildman–Crippen MR) is 82.9 cm³/mol. The van der Waals surface area contributed by atoms with Gasteiger partial charge in [0.15, 0.2) is 0 Å². The van der Waals surface area contributed by atoms with Gasteiger partial charge in [0.2, 0.25) is 0 Å². The average molecular weight is 291 g/mol. The number of aromatic carboxylic acids is 1. The highest BCUT2D eigenvalue weighted by atomic mass is 16.5. The molecule has 0 spiro atoms. The summed E-state index contributed by atoms with van der Waals surface area (Å²) in [4.78, 5) is 13.3. The van der Waals surface area contributed by atoms with Crippen LogP contribution in [0.5, 0.6) is 5.75 Å². The smallest absolute Gasteiger partial charge is 0.335 e. The van der Waals surface area contributed by atoms with Gasteiger partial charge < -0.3 is 14.7 Å². The zero-order chi connectivity index (χ0) is 15.2. The van der Waals surface area contributed by atoms with E-state index in [4.69, 9.17) is 9.84 Å². The summed E-state index contributed by atoms with van der Waals surface area (Å²) < 4.78 is 5.67. The first kappa shape index (κ1) is 15.8. The minimum atomic E-state index is -0.908. The second-order valence-corrected chi connectivity index (χ2v) is 6.24. The Bertz CT molecular complexity index is 448. The Labute approximate surface area is 126 Å². The topological polar surface area (TPSA) is 49.8 Å². The Morgan fingerprint density at radius 3 is 2.43 bits per heavy atom. The highest BCUT2D eigenvalue weighted by Crippen LogP contribution is 2.21. The second-order valence-electron chi connectivity index (χ2n) is 6.24. The van der Waals surface area contributed by atoms with E-state index in [9.17, 15) is 4.79 Å². The van der Waals surface area contributed by atoms with Crippen LogP contribution in [-0.2, 0) is 0 Å². The molecule has 2 rings (SSSR count). The lowest BCUT2D eigenvalue weighted by atomic mass is 9.92. The molecule has 1 aromatic rings. The predicted octanol–water partition coefficient (Wildman–Crippen LogP) is 3.13. The zero-order valence-corrected chi connectivity index (χ0v) is 12.9. The van der Waals surface area contributed by atoms with Gasteiger partial charge in [0.05, 0.1) is 12.2 Å². The molecule has 1 aromatic carbocycles. The fourth-order valence-corrected chi connectivity index (χ4v) is 3.15. The summed E-state index contributed by atoms with van der Waals surface area (Å²) in [6, 6.07) is 6.58. The molecule has 0 radical (unpaired) electrons. The number of likely N-dealkylation sites (tertiary alicyclic amines) is 1. The summed E-state index contributed by atoms with van der Waals surface area (Å²) in [7, 11) is 0. The molecule has 0 aromatic heterocycles. The molecule has 1 heterocycles. The third-order valence-corrected chi connectivity index (χ3v) is 3.93. The van der Waals surface area contributed by atoms with Crippen molar-refractivity contribution in [3.63, 3.8) is 0 Å². The summed E-state index contributed by atoms with van der Waals surface area (Å²) in [5.41, 5.74) is 0.290. The van der Waals surface area contributed by atoms with Gasteiger partial charge in [-0.15, -0.1) is 0 Å². The van der Waals surface area contributed by atoms with Crippen LogP contribution in [-0.4, -0.2) is 42.2 Å². The molecule has 0 saturated carbocycles. The third-order valence-electron chi connectivity index (χ3n) is 3.93. The van der Waals surface area contributed by atoms with E-state index in [0.717, 1.165) is 30.6 Å². The van der Waals surface area contributed by atoms with Crippen LogP contribution in [0.1, 0.15) is 37.0 Å². The Balaban J connectivity index is 1.68. The maximum absolute atomic E-state index is 10.8. The van der Waals surface area contributed by atoms with E-state index in [-0.39, 0.29) is 0 Å². The number of benzene rings is 1. The van der Waals surface area contributed by atoms with Crippen molar-refractivity contribution < 1.29 is 14.6 Å². The van der Waals surface area contributed by atoms with Crippen molar-refractivity contribution >= 4 is 5.97 Å². The fourth-order valence-electron chi connectivity index (χ4n) is 3.15. The number of hydrogen-bond acceptors (Lipinski definition) is 3. The summed E-state index contributed by atoms with van der Waals surface area (Å²) >= 11 is 0. The number of piperidine rings is 1. The first-order valence-corrected chi connectivity index (χ1v) is 7.73. The van der Waals surface area contributed by atoms with Crippen molar-refractivity contribution in [3.05, 3.63) is 29.8 Å². The van der Waals surface area contributed by atoms with E-state index >= 15 is 0 Å². The maximum Gasteiger partial charge on any atom is 0.335 e. The molecule has 1 saturated heterocycles. The van der Waals surface area contributed by atoms with Crippen LogP contribution in [0.2, 0.25) is 0 Å². The van der Waals surface area contributed by atoms with Crippen LogP contribution < -0.4 is 4.74 Å². The van der Waals surface area contributed by atoms with Crippen LogP contribution in [0.25, 0.3) is 0 Å². The van der Waals surface area contributed by atoms with Crippen LogP contribution >= 0.6 is 0 Å². The van der Waals surface area contributed by atoms with E-state index in [1.165, 1.54) is 19.5 Å². The Morgan fingerprint density at radius 2 is 1.86 bits per heavy atom. The highest BCUT2D eigenvalue weighted by molar-refractivity contribution is 5.87. The number of hydrogen-bond donors (Lipinski definition) is 1. The summed E-state index contributed by atoms with van der Waals surface area (Å²) in [5, 5.41) is 8.83. The van der Waals surface area contributed by atoms with Crippen LogP contribution in [0.15, 0.2) is 24.3 Å². The maximum atomic E-state index is 10.8. The van der Waals surface area contributed by atoms with Gasteiger partial charge in [0.25, 0.3) is 0 Å². The van der Waals surface area contributed by atoms with E-state index in [0.29, 0.717) is 12.2 Å². The lowest BCUT2D eigenvalue weighted by Gasteiger charge is -2.34. The van der Waals surface area contributed by atoms with Crippen molar-refractivity contribution in [2.24, 2.45) is 11.8 Å². The fraction of sp³-hybridized carbons (Fsp3) is 0.588. The SMILES string of the molecule is C[C@H]1C[C@H](C)CN(CCCOc2ccc(C(=O)O)cc2)C1. The van der Waals surface area contributed by atoms with Crippen LogP contribution in [0.3, 0.4) is 0 Å². The summed E-state index contributed by atoms with van der Waals surface area (Å²) in [6.07, 6.45) is 2.34. The molecule has 0 amide bonds. The van der Waals surface area contributed by atoms with Crippen molar-refractivity contribution in [2.75, 3.05) is 26.2 Å². The third kappa shape index (κ3) is 5.05. The summed E-state index contributed by atoms with van der Waals surface area (Å²) in [5.74, 6) is 1.41. The Kier molecular flexibility index (Phi) is 5.62. The summed E-state index contributed by atoms with van der Waals surface area (Å²) in [6.45, 7) is 8.77. The molecule has 116 valence electrons. The number of rotatable bonds is 6. The minimum absolute atomic E-state index is 0.290. The monoisotopic (exact) mass is 291 g/mol. The molecule has 0 aliphatic carbocycles. The number of nitrogens with zero attached hydrogens (tertiary/aromatic N) is 1. The first-order valence-electron chi connectivity index (χ1n) is 7.73. The molecule has 4 nitrogen and oxygen atoms in total. The van der Waals surface area contributed by atoms with E-state index in [1.54, 1.807) is 24.3 Å². The largest absolute Gasteiger partial charge is 0.494 e. The van der Waals surface area contributed by atoms with Gasteiger partial charge in [-0.1, -0.05) is 13.8 Å². The molecular weight excluding hydrogens is 266 g/mol. The van der Waals surface area contributed by atoms with Gasteiger partial charge in [-0.05, 0) is 48.9 Å². The first-order chi connectivity index (χ1) is 10.0. The highest BCUT2D eigenvalue weighted by Gasteiger charge is 2.20. The van der Waals surface area contributed by atoms with Crippen LogP contribution in [0.4, 0.5) is 0 Å². The normalized spacial score (nSPS) is 23.0. The molecule has 21 heavy (non-hydrogen) atoms.